The molecule has 0 spiro atoms. The van der Waals surface area contributed by atoms with Crippen LogP contribution in [-0.2, 0) is 9.59 Å². The Kier molecular flexibility index (Phi) is 8.64. The number of aliphatic hydroxyl groups excluding tert-OH is 1. The zero-order valence-electron chi connectivity index (χ0n) is 20.6. The standard InChI is InChI=1S/C26H31ClN2O6/c1-6-35-19-10-9-17(14-18(19)27)24(30)22-23(16-8-11-20(33-4)21(15-16)34-5)29(26(32)25(22)31)13-7-12-28(2)3/h8-11,14-15,23,30H,6-7,12-13H2,1-5H3/b24-22-. The number of nitrogens with zero attached hydrogens (tertiary/aromatic N) is 2. The van der Waals surface area contributed by atoms with Gasteiger partial charge in [0.25, 0.3) is 11.7 Å². The highest BCUT2D eigenvalue weighted by molar-refractivity contribution is 6.46. The van der Waals surface area contributed by atoms with Gasteiger partial charge in [0.2, 0.25) is 0 Å². The number of methoxy groups -OCH3 is 2. The van der Waals surface area contributed by atoms with Gasteiger partial charge in [0.1, 0.15) is 11.5 Å². The molecule has 1 fully saturated rings. The van der Waals surface area contributed by atoms with Crippen LogP contribution in [0.3, 0.4) is 0 Å². The third-order valence-electron chi connectivity index (χ3n) is 5.77. The minimum absolute atomic E-state index is 0.00713. The SMILES string of the molecule is CCOc1ccc(/C(O)=C2/C(=O)C(=O)N(CCCN(C)C)C2c2ccc(OC)c(OC)c2)cc1Cl. The topological polar surface area (TPSA) is 88.5 Å². The number of Topliss-reactive ketones (excluding diaryl/α,β-unsaturated/α-hetero) is 1. The molecule has 1 atom stereocenters. The smallest absolute Gasteiger partial charge is 0.295 e. The van der Waals surface area contributed by atoms with Crippen molar-refractivity contribution in [1.82, 2.24) is 9.80 Å². The molecule has 0 bridgehead atoms. The normalized spacial score (nSPS) is 17.2. The predicted octanol–water partition coefficient (Wildman–Crippen LogP) is 4.13. The molecule has 2 aromatic carbocycles. The number of ether oxygens (including phenoxy) is 3. The van der Waals surface area contributed by atoms with Crippen LogP contribution in [0, 0.1) is 0 Å². The van der Waals surface area contributed by atoms with Gasteiger partial charge in [-0.3, -0.25) is 9.59 Å². The summed E-state index contributed by atoms with van der Waals surface area (Å²) >= 11 is 6.32. The number of hydrogen-bond acceptors (Lipinski definition) is 7. The molecule has 35 heavy (non-hydrogen) atoms. The summed E-state index contributed by atoms with van der Waals surface area (Å²) in [5.41, 5.74) is 0.924. The molecule has 1 unspecified atom stereocenters. The minimum atomic E-state index is -0.803. The molecule has 3 rings (SSSR count). The molecular formula is C26H31ClN2O6. The number of hydrogen-bond donors (Lipinski definition) is 1. The summed E-state index contributed by atoms with van der Waals surface area (Å²) in [5.74, 6) is -0.291. The van der Waals surface area contributed by atoms with E-state index in [2.05, 4.69) is 0 Å². The van der Waals surface area contributed by atoms with E-state index < -0.39 is 17.7 Å². The maximum absolute atomic E-state index is 13.2. The molecule has 0 aliphatic carbocycles. The van der Waals surface area contributed by atoms with Crippen LogP contribution in [0.5, 0.6) is 17.2 Å². The first-order chi connectivity index (χ1) is 16.7. The van der Waals surface area contributed by atoms with Crippen molar-refractivity contribution < 1.29 is 28.9 Å². The molecule has 1 N–H and O–H groups in total. The van der Waals surface area contributed by atoms with Crippen molar-refractivity contribution in [2.45, 2.75) is 19.4 Å². The van der Waals surface area contributed by atoms with Gasteiger partial charge in [-0.1, -0.05) is 17.7 Å². The summed E-state index contributed by atoms with van der Waals surface area (Å²) in [6.45, 7) is 3.34. The Balaban J connectivity index is 2.14. The number of ketones is 1. The van der Waals surface area contributed by atoms with E-state index in [1.165, 1.54) is 25.2 Å². The fourth-order valence-electron chi connectivity index (χ4n) is 4.11. The molecule has 0 radical (unpaired) electrons. The van der Waals surface area contributed by atoms with E-state index in [0.717, 1.165) is 6.54 Å². The number of carbonyl (C=O) groups is 2. The Morgan fingerprint density at radius 2 is 1.74 bits per heavy atom. The Hall–Kier alpha value is -3.23. The van der Waals surface area contributed by atoms with E-state index in [4.69, 9.17) is 25.8 Å². The van der Waals surface area contributed by atoms with Gasteiger partial charge >= 0.3 is 0 Å². The van der Waals surface area contributed by atoms with Crippen molar-refractivity contribution in [2.75, 3.05) is 48.0 Å². The Bertz CT molecular complexity index is 1130. The van der Waals surface area contributed by atoms with E-state index in [-0.39, 0.29) is 11.3 Å². The summed E-state index contributed by atoms with van der Waals surface area (Å²) in [4.78, 5) is 29.8. The van der Waals surface area contributed by atoms with Gasteiger partial charge < -0.3 is 29.1 Å². The number of carbonyl (C=O) groups excluding carboxylic acids is 2. The van der Waals surface area contributed by atoms with Gasteiger partial charge in [-0.05, 0) is 69.9 Å². The average Bonchev–Trinajstić information content (AvgIpc) is 3.09. The second kappa shape index (κ2) is 11.5. The zero-order chi connectivity index (χ0) is 25.7. The number of halogens is 1. The van der Waals surface area contributed by atoms with Crippen LogP contribution in [0.15, 0.2) is 42.0 Å². The van der Waals surface area contributed by atoms with E-state index >= 15 is 0 Å². The molecule has 2 aromatic rings. The van der Waals surface area contributed by atoms with Gasteiger partial charge in [-0.15, -0.1) is 0 Å². The zero-order valence-corrected chi connectivity index (χ0v) is 21.4. The number of rotatable bonds is 10. The summed E-state index contributed by atoms with van der Waals surface area (Å²) in [7, 11) is 6.92. The van der Waals surface area contributed by atoms with Crippen molar-refractivity contribution in [1.29, 1.82) is 0 Å². The van der Waals surface area contributed by atoms with Crippen molar-refractivity contribution in [3.05, 3.63) is 58.1 Å². The molecule has 8 nitrogen and oxygen atoms in total. The van der Waals surface area contributed by atoms with Gasteiger partial charge in [-0.25, -0.2) is 0 Å². The molecule has 9 heteroatoms. The van der Waals surface area contributed by atoms with E-state index in [0.29, 0.717) is 53.0 Å². The molecule has 1 aliphatic heterocycles. The summed E-state index contributed by atoms with van der Waals surface area (Å²) in [6, 6.07) is 9.13. The lowest BCUT2D eigenvalue weighted by Gasteiger charge is -2.26. The fourth-order valence-corrected chi connectivity index (χ4v) is 4.35. The summed E-state index contributed by atoms with van der Waals surface area (Å²) in [6.07, 6.45) is 0.652. The molecule has 1 aliphatic rings. The molecule has 1 saturated heterocycles. The third kappa shape index (κ3) is 5.55. The maximum atomic E-state index is 13.2. The molecule has 1 heterocycles. The third-order valence-corrected chi connectivity index (χ3v) is 6.07. The highest BCUT2D eigenvalue weighted by Gasteiger charge is 2.46. The Morgan fingerprint density at radius 1 is 1.06 bits per heavy atom. The van der Waals surface area contributed by atoms with Crippen LogP contribution in [0.25, 0.3) is 5.76 Å². The molecular weight excluding hydrogens is 472 g/mol. The van der Waals surface area contributed by atoms with Crippen LogP contribution in [0.1, 0.15) is 30.5 Å². The second-order valence-corrected chi connectivity index (χ2v) is 8.75. The largest absolute Gasteiger partial charge is 0.507 e. The van der Waals surface area contributed by atoms with E-state index in [1.54, 1.807) is 30.3 Å². The number of aliphatic hydroxyl groups is 1. The Labute approximate surface area is 210 Å². The number of benzene rings is 2. The van der Waals surface area contributed by atoms with Gasteiger partial charge in [-0.2, -0.15) is 0 Å². The Morgan fingerprint density at radius 3 is 2.34 bits per heavy atom. The first-order valence-electron chi connectivity index (χ1n) is 11.3. The van der Waals surface area contributed by atoms with Crippen molar-refractivity contribution in [2.24, 2.45) is 0 Å². The minimum Gasteiger partial charge on any atom is -0.507 e. The summed E-state index contributed by atoms with van der Waals surface area (Å²) in [5, 5.41) is 11.6. The van der Waals surface area contributed by atoms with Gasteiger partial charge in [0, 0.05) is 12.1 Å². The van der Waals surface area contributed by atoms with Crippen LogP contribution in [0.2, 0.25) is 5.02 Å². The molecule has 0 saturated carbocycles. The van der Waals surface area contributed by atoms with Crippen molar-refractivity contribution in [3.63, 3.8) is 0 Å². The highest BCUT2D eigenvalue weighted by Crippen LogP contribution is 2.42. The van der Waals surface area contributed by atoms with Gasteiger partial charge in [0.05, 0.1) is 37.5 Å². The monoisotopic (exact) mass is 502 g/mol. The lowest BCUT2D eigenvalue weighted by Crippen LogP contribution is -2.32. The first kappa shape index (κ1) is 26.4. The van der Waals surface area contributed by atoms with Crippen LogP contribution < -0.4 is 14.2 Å². The van der Waals surface area contributed by atoms with Gasteiger partial charge in [0.15, 0.2) is 11.5 Å². The lowest BCUT2D eigenvalue weighted by molar-refractivity contribution is -0.139. The highest BCUT2D eigenvalue weighted by atomic mass is 35.5. The van der Waals surface area contributed by atoms with Crippen molar-refractivity contribution in [3.8, 4) is 17.2 Å². The lowest BCUT2D eigenvalue weighted by atomic mass is 9.95. The fraction of sp³-hybridized carbons (Fsp3) is 0.385. The maximum Gasteiger partial charge on any atom is 0.295 e. The van der Waals surface area contributed by atoms with Crippen LogP contribution in [0.4, 0.5) is 0 Å². The second-order valence-electron chi connectivity index (χ2n) is 8.34. The van der Waals surface area contributed by atoms with E-state index in [1.807, 2.05) is 25.9 Å². The number of likely N-dealkylation sites (tertiary alicyclic amines) is 1. The van der Waals surface area contributed by atoms with Crippen molar-refractivity contribution >= 4 is 29.1 Å². The van der Waals surface area contributed by atoms with E-state index in [9.17, 15) is 14.7 Å². The molecule has 0 aromatic heterocycles. The number of amides is 1. The quantitative estimate of drug-likeness (QED) is 0.297. The summed E-state index contributed by atoms with van der Waals surface area (Å²) < 4.78 is 16.2. The van der Waals surface area contributed by atoms with Crippen LogP contribution >= 0.6 is 11.6 Å². The van der Waals surface area contributed by atoms with Crippen LogP contribution in [-0.4, -0.2) is 74.6 Å². The predicted molar refractivity (Wildman–Crippen MR) is 134 cm³/mol. The molecule has 1 amide bonds. The first-order valence-corrected chi connectivity index (χ1v) is 11.7. The average molecular weight is 503 g/mol. The molecule has 188 valence electrons.